The number of nitrogens with two attached hydrogens (primary N) is 1. The maximum atomic E-state index is 12.5. The quantitative estimate of drug-likeness (QED) is 0.856. The molecule has 0 bridgehead atoms. The SMILES string of the molecule is Cc1cc(S(N)(=O)=O)cc(NS(=O)(=O)c2ccccc2Cl)c1C. The van der Waals surface area contributed by atoms with Crippen LogP contribution in [0.5, 0.6) is 0 Å². The summed E-state index contributed by atoms with van der Waals surface area (Å²) >= 11 is 5.91. The van der Waals surface area contributed by atoms with Crippen LogP contribution in [0, 0.1) is 13.8 Å². The molecule has 0 heterocycles. The van der Waals surface area contributed by atoms with E-state index in [2.05, 4.69) is 4.72 Å². The number of hydrogen-bond donors (Lipinski definition) is 2. The molecule has 0 amide bonds. The van der Waals surface area contributed by atoms with Crippen LogP contribution in [-0.2, 0) is 20.0 Å². The molecular weight excluding hydrogens is 360 g/mol. The van der Waals surface area contributed by atoms with E-state index in [1.807, 2.05) is 0 Å². The fourth-order valence-electron chi connectivity index (χ4n) is 1.96. The third kappa shape index (κ3) is 3.84. The number of halogens is 1. The fraction of sp³-hybridized carbons (Fsp3) is 0.143. The molecule has 0 saturated heterocycles. The lowest BCUT2D eigenvalue weighted by Crippen LogP contribution is -2.17. The predicted octanol–water partition coefficient (Wildman–Crippen LogP) is 2.41. The van der Waals surface area contributed by atoms with Gasteiger partial charge in [-0.05, 0) is 49.2 Å². The third-order valence-corrected chi connectivity index (χ3v) is 6.10. The Morgan fingerprint density at radius 3 is 2.22 bits per heavy atom. The van der Waals surface area contributed by atoms with Gasteiger partial charge in [-0.25, -0.2) is 22.0 Å². The summed E-state index contributed by atoms with van der Waals surface area (Å²) in [6, 6.07) is 8.53. The molecule has 0 aromatic heterocycles. The van der Waals surface area contributed by atoms with Crippen molar-refractivity contribution in [3.63, 3.8) is 0 Å². The van der Waals surface area contributed by atoms with E-state index in [4.69, 9.17) is 16.7 Å². The highest BCUT2D eigenvalue weighted by molar-refractivity contribution is 7.93. The van der Waals surface area contributed by atoms with E-state index in [1.165, 1.54) is 24.3 Å². The molecule has 6 nitrogen and oxygen atoms in total. The van der Waals surface area contributed by atoms with Crippen LogP contribution in [0.4, 0.5) is 5.69 Å². The van der Waals surface area contributed by atoms with Crippen molar-refractivity contribution in [3.8, 4) is 0 Å². The molecule has 0 aliphatic carbocycles. The molecule has 2 rings (SSSR count). The second-order valence-electron chi connectivity index (χ2n) is 4.99. The van der Waals surface area contributed by atoms with Crippen molar-refractivity contribution in [2.45, 2.75) is 23.6 Å². The zero-order chi connectivity index (χ0) is 17.4. The second-order valence-corrected chi connectivity index (χ2v) is 8.61. The van der Waals surface area contributed by atoms with Crippen molar-refractivity contribution in [3.05, 3.63) is 52.5 Å². The van der Waals surface area contributed by atoms with E-state index in [0.717, 1.165) is 0 Å². The maximum Gasteiger partial charge on any atom is 0.263 e. The van der Waals surface area contributed by atoms with Gasteiger partial charge in [0.1, 0.15) is 4.90 Å². The Labute approximate surface area is 140 Å². The molecule has 23 heavy (non-hydrogen) atoms. The van der Waals surface area contributed by atoms with Gasteiger partial charge in [0, 0.05) is 0 Å². The Bertz CT molecular complexity index is 970. The van der Waals surface area contributed by atoms with E-state index in [9.17, 15) is 16.8 Å². The van der Waals surface area contributed by atoms with Gasteiger partial charge < -0.3 is 0 Å². The van der Waals surface area contributed by atoms with Crippen LogP contribution in [0.1, 0.15) is 11.1 Å². The first kappa shape index (κ1) is 17.7. The minimum Gasteiger partial charge on any atom is -0.279 e. The number of aryl methyl sites for hydroxylation is 1. The lowest BCUT2D eigenvalue weighted by Gasteiger charge is -2.14. The molecule has 0 saturated carbocycles. The number of sulfonamides is 2. The Hall–Kier alpha value is -1.61. The van der Waals surface area contributed by atoms with Crippen molar-refractivity contribution in [2.24, 2.45) is 5.14 Å². The van der Waals surface area contributed by atoms with Gasteiger partial charge in [0.05, 0.1) is 15.6 Å². The average molecular weight is 375 g/mol. The van der Waals surface area contributed by atoms with Crippen LogP contribution in [0.3, 0.4) is 0 Å². The first-order chi connectivity index (χ1) is 10.5. The fourth-order valence-corrected chi connectivity index (χ4v) is 4.22. The summed E-state index contributed by atoms with van der Waals surface area (Å²) in [5.74, 6) is 0. The van der Waals surface area contributed by atoms with Gasteiger partial charge in [-0.2, -0.15) is 0 Å². The van der Waals surface area contributed by atoms with E-state index < -0.39 is 20.0 Å². The molecule has 2 aromatic carbocycles. The van der Waals surface area contributed by atoms with Crippen molar-refractivity contribution in [1.29, 1.82) is 0 Å². The summed E-state index contributed by atoms with van der Waals surface area (Å²) < 4.78 is 50.3. The summed E-state index contributed by atoms with van der Waals surface area (Å²) in [6.07, 6.45) is 0. The normalized spacial score (nSPS) is 12.2. The summed E-state index contributed by atoms with van der Waals surface area (Å²) in [4.78, 5) is -0.266. The smallest absolute Gasteiger partial charge is 0.263 e. The van der Waals surface area contributed by atoms with E-state index in [0.29, 0.717) is 11.1 Å². The summed E-state index contributed by atoms with van der Waals surface area (Å²) in [5.41, 5.74) is 1.32. The molecular formula is C14H15ClN2O4S2. The van der Waals surface area contributed by atoms with Crippen LogP contribution < -0.4 is 9.86 Å². The van der Waals surface area contributed by atoms with Gasteiger partial charge in [-0.3, -0.25) is 4.72 Å². The Morgan fingerprint density at radius 1 is 1.04 bits per heavy atom. The van der Waals surface area contributed by atoms with Crippen molar-refractivity contribution in [1.82, 2.24) is 0 Å². The van der Waals surface area contributed by atoms with Crippen LogP contribution in [0.2, 0.25) is 5.02 Å². The highest BCUT2D eigenvalue weighted by Crippen LogP contribution is 2.28. The number of hydrogen-bond acceptors (Lipinski definition) is 4. The molecule has 2 aromatic rings. The highest BCUT2D eigenvalue weighted by atomic mass is 35.5. The first-order valence-corrected chi connectivity index (χ1v) is 9.84. The molecule has 9 heteroatoms. The maximum absolute atomic E-state index is 12.5. The van der Waals surface area contributed by atoms with Crippen LogP contribution in [-0.4, -0.2) is 16.8 Å². The standard InChI is InChI=1S/C14H15ClN2O4S2/c1-9-7-11(22(16,18)19)8-13(10(9)2)17-23(20,21)14-6-4-3-5-12(14)15/h3-8,17H,1-2H3,(H2,16,18,19). The first-order valence-electron chi connectivity index (χ1n) is 6.44. The number of nitrogens with one attached hydrogen (secondary N) is 1. The molecule has 0 aliphatic rings. The molecule has 0 fully saturated rings. The van der Waals surface area contributed by atoms with Crippen molar-refractivity contribution < 1.29 is 16.8 Å². The Balaban J connectivity index is 2.56. The van der Waals surface area contributed by atoms with Crippen molar-refractivity contribution >= 4 is 37.3 Å². The van der Waals surface area contributed by atoms with E-state index in [-0.39, 0.29) is 20.5 Å². The minimum atomic E-state index is -3.96. The van der Waals surface area contributed by atoms with Gasteiger partial charge in [-0.15, -0.1) is 0 Å². The predicted molar refractivity (Wildman–Crippen MR) is 89.5 cm³/mol. The summed E-state index contributed by atoms with van der Waals surface area (Å²) in [6.45, 7) is 3.34. The number of primary sulfonamides is 1. The lowest BCUT2D eigenvalue weighted by atomic mass is 10.1. The molecule has 0 unspecified atom stereocenters. The average Bonchev–Trinajstić information content (AvgIpc) is 2.42. The summed E-state index contributed by atoms with van der Waals surface area (Å²) in [7, 11) is -7.92. The van der Waals surface area contributed by atoms with E-state index >= 15 is 0 Å². The van der Waals surface area contributed by atoms with Gasteiger partial charge in [0.15, 0.2) is 0 Å². The Kier molecular flexibility index (Phi) is 4.72. The number of anilines is 1. The Morgan fingerprint density at radius 2 is 1.65 bits per heavy atom. The van der Waals surface area contributed by atoms with Gasteiger partial charge in [0.2, 0.25) is 10.0 Å². The number of rotatable bonds is 4. The zero-order valence-electron chi connectivity index (χ0n) is 12.4. The largest absolute Gasteiger partial charge is 0.279 e. The third-order valence-electron chi connectivity index (χ3n) is 3.34. The zero-order valence-corrected chi connectivity index (χ0v) is 14.8. The molecule has 3 N–H and O–H groups in total. The lowest BCUT2D eigenvalue weighted by molar-refractivity contribution is 0.596. The molecule has 0 radical (unpaired) electrons. The molecule has 0 spiro atoms. The van der Waals surface area contributed by atoms with Crippen molar-refractivity contribution in [2.75, 3.05) is 4.72 Å². The molecule has 124 valence electrons. The van der Waals surface area contributed by atoms with Crippen LogP contribution >= 0.6 is 11.6 Å². The van der Waals surface area contributed by atoms with E-state index in [1.54, 1.807) is 26.0 Å². The van der Waals surface area contributed by atoms with Gasteiger partial charge >= 0.3 is 0 Å². The van der Waals surface area contributed by atoms with Crippen LogP contribution in [0.15, 0.2) is 46.2 Å². The van der Waals surface area contributed by atoms with Crippen LogP contribution in [0.25, 0.3) is 0 Å². The van der Waals surface area contributed by atoms with Gasteiger partial charge in [0.25, 0.3) is 10.0 Å². The second kappa shape index (κ2) is 6.12. The topological polar surface area (TPSA) is 106 Å². The summed E-state index contributed by atoms with van der Waals surface area (Å²) in [5, 5.41) is 5.18. The molecule has 0 atom stereocenters. The minimum absolute atomic E-state index is 0.0666. The highest BCUT2D eigenvalue weighted by Gasteiger charge is 2.20. The molecule has 0 aliphatic heterocycles. The monoisotopic (exact) mass is 374 g/mol. The van der Waals surface area contributed by atoms with Gasteiger partial charge in [-0.1, -0.05) is 23.7 Å². The number of benzene rings is 2.